The first-order valence-corrected chi connectivity index (χ1v) is 5.82. The second-order valence-electron chi connectivity index (χ2n) is 4.66. The monoisotopic (exact) mass is 190 g/mol. The van der Waals surface area contributed by atoms with Gasteiger partial charge in [0.25, 0.3) is 0 Å². The average molecular weight is 190 g/mol. The van der Waals surface area contributed by atoms with Gasteiger partial charge in [-0.3, -0.25) is 0 Å². The third-order valence-corrected chi connectivity index (χ3v) is 3.63. The molecule has 2 aliphatic rings. The lowest BCUT2D eigenvalue weighted by atomic mass is 9.94. The van der Waals surface area contributed by atoms with Crippen molar-refractivity contribution in [3.63, 3.8) is 0 Å². The van der Waals surface area contributed by atoms with E-state index in [9.17, 15) is 0 Å². The van der Waals surface area contributed by atoms with Gasteiger partial charge in [-0.2, -0.15) is 0 Å². The van der Waals surface area contributed by atoms with Crippen LogP contribution >= 0.6 is 0 Å². The summed E-state index contributed by atoms with van der Waals surface area (Å²) in [5.41, 5.74) is 11.9. The summed E-state index contributed by atoms with van der Waals surface area (Å²) in [5.74, 6) is 0.819. The standard InChI is InChI=1S/C12H18N2/c13-7-10-9-3-1-2-4-11(9)14-12(10)8-5-6-8/h8,14H,1-7,13H2. The number of hydrogen-bond acceptors (Lipinski definition) is 1. The van der Waals surface area contributed by atoms with Crippen LogP contribution in [0.4, 0.5) is 0 Å². The first-order chi connectivity index (χ1) is 6.90. The number of fused-ring (bicyclic) bond motifs is 1. The maximum absolute atomic E-state index is 5.86. The Hall–Kier alpha value is -0.760. The van der Waals surface area contributed by atoms with Gasteiger partial charge in [0, 0.05) is 17.9 Å². The normalized spacial score (nSPS) is 20.9. The molecule has 1 saturated carbocycles. The van der Waals surface area contributed by atoms with Crippen LogP contribution in [-0.2, 0) is 19.4 Å². The Bertz CT molecular complexity index is 347. The molecule has 1 aromatic rings. The molecule has 0 bridgehead atoms. The van der Waals surface area contributed by atoms with Gasteiger partial charge in [0.2, 0.25) is 0 Å². The van der Waals surface area contributed by atoms with Gasteiger partial charge < -0.3 is 10.7 Å². The fourth-order valence-electron chi connectivity index (χ4n) is 2.73. The van der Waals surface area contributed by atoms with E-state index in [1.54, 1.807) is 5.56 Å². The molecule has 2 nitrogen and oxygen atoms in total. The van der Waals surface area contributed by atoms with Crippen molar-refractivity contribution in [3.8, 4) is 0 Å². The Morgan fingerprint density at radius 3 is 2.71 bits per heavy atom. The van der Waals surface area contributed by atoms with E-state index in [2.05, 4.69) is 4.98 Å². The number of hydrogen-bond donors (Lipinski definition) is 2. The summed E-state index contributed by atoms with van der Waals surface area (Å²) in [6, 6.07) is 0. The summed E-state index contributed by atoms with van der Waals surface area (Å²) in [7, 11) is 0. The minimum atomic E-state index is 0.734. The molecule has 0 atom stereocenters. The zero-order valence-corrected chi connectivity index (χ0v) is 8.60. The summed E-state index contributed by atoms with van der Waals surface area (Å²) >= 11 is 0. The van der Waals surface area contributed by atoms with Crippen molar-refractivity contribution in [3.05, 3.63) is 22.5 Å². The fraction of sp³-hybridized carbons (Fsp3) is 0.667. The number of nitrogens with two attached hydrogens (primary N) is 1. The van der Waals surface area contributed by atoms with Gasteiger partial charge in [-0.1, -0.05) is 0 Å². The lowest BCUT2D eigenvalue weighted by Crippen LogP contribution is -2.05. The summed E-state index contributed by atoms with van der Waals surface area (Å²) in [6.07, 6.45) is 7.93. The molecule has 0 spiro atoms. The number of aromatic nitrogens is 1. The van der Waals surface area contributed by atoms with Crippen LogP contribution in [0.5, 0.6) is 0 Å². The van der Waals surface area contributed by atoms with E-state index in [1.807, 2.05) is 0 Å². The second kappa shape index (κ2) is 3.13. The summed E-state index contributed by atoms with van der Waals surface area (Å²) < 4.78 is 0. The van der Waals surface area contributed by atoms with Crippen LogP contribution in [0.3, 0.4) is 0 Å². The Labute approximate surface area is 84.9 Å². The van der Waals surface area contributed by atoms with E-state index in [4.69, 9.17) is 5.73 Å². The molecule has 1 fully saturated rings. The van der Waals surface area contributed by atoms with Crippen molar-refractivity contribution < 1.29 is 0 Å². The smallest absolute Gasteiger partial charge is 0.0229 e. The number of aromatic amines is 1. The lowest BCUT2D eigenvalue weighted by molar-refractivity contribution is 0.673. The zero-order valence-electron chi connectivity index (χ0n) is 8.60. The summed E-state index contributed by atoms with van der Waals surface area (Å²) in [6.45, 7) is 0.734. The Kier molecular flexibility index (Phi) is 1.91. The zero-order chi connectivity index (χ0) is 9.54. The molecule has 0 aromatic carbocycles. The van der Waals surface area contributed by atoms with E-state index in [-0.39, 0.29) is 0 Å². The first kappa shape index (κ1) is 8.54. The minimum absolute atomic E-state index is 0.734. The average Bonchev–Trinajstić information content (AvgIpc) is 2.99. The van der Waals surface area contributed by atoms with Crippen LogP contribution in [0.25, 0.3) is 0 Å². The highest BCUT2D eigenvalue weighted by Crippen LogP contribution is 2.43. The molecule has 0 radical (unpaired) electrons. The number of H-pyrrole nitrogens is 1. The van der Waals surface area contributed by atoms with Crippen molar-refractivity contribution in [2.45, 2.75) is 51.0 Å². The van der Waals surface area contributed by atoms with E-state index in [0.29, 0.717) is 0 Å². The molecule has 2 aliphatic carbocycles. The van der Waals surface area contributed by atoms with E-state index < -0.39 is 0 Å². The van der Waals surface area contributed by atoms with Gasteiger partial charge in [-0.25, -0.2) is 0 Å². The Morgan fingerprint density at radius 1 is 1.21 bits per heavy atom. The molecular formula is C12H18N2. The third kappa shape index (κ3) is 1.21. The summed E-state index contributed by atoms with van der Waals surface area (Å²) in [5, 5.41) is 0. The van der Waals surface area contributed by atoms with Crippen LogP contribution in [0, 0.1) is 0 Å². The SMILES string of the molecule is NCc1c(C2CC2)[nH]c2c1CCCC2. The molecule has 3 N–H and O–H groups in total. The highest BCUT2D eigenvalue weighted by atomic mass is 14.8. The van der Waals surface area contributed by atoms with Crippen molar-refractivity contribution in [2.24, 2.45) is 5.73 Å². The lowest BCUT2D eigenvalue weighted by Gasteiger charge is -2.11. The van der Waals surface area contributed by atoms with Gasteiger partial charge >= 0.3 is 0 Å². The fourth-order valence-corrected chi connectivity index (χ4v) is 2.73. The number of aryl methyl sites for hydroxylation is 1. The molecule has 14 heavy (non-hydrogen) atoms. The predicted molar refractivity (Wildman–Crippen MR) is 57.3 cm³/mol. The van der Waals surface area contributed by atoms with Crippen molar-refractivity contribution in [1.29, 1.82) is 0 Å². The second-order valence-corrected chi connectivity index (χ2v) is 4.66. The molecule has 0 unspecified atom stereocenters. The Morgan fingerprint density at radius 2 is 2.00 bits per heavy atom. The van der Waals surface area contributed by atoms with Gasteiger partial charge in [0.05, 0.1) is 0 Å². The van der Waals surface area contributed by atoms with Gasteiger partial charge in [-0.15, -0.1) is 0 Å². The molecular weight excluding hydrogens is 172 g/mol. The topological polar surface area (TPSA) is 41.8 Å². The van der Waals surface area contributed by atoms with E-state index in [0.717, 1.165) is 12.5 Å². The molecule has 0 amide bonds. The first-order valence-electron chi connectivity index (χ1n) is 5.82. The highest BCUT2D eigenvalue weighted by Gasteiger charge is 2.30. The quantitative estimate of drug-likeness (QED) is 0.737. The Balaban J connectivity index is 2.06. The van der Waals surface area contributed by atoms with Crippen molar-refractivity contribution >= 4 is 0 Å². The van der Waals surface area contributed by atoms with Gasteiger partial charge in [0.15, 0.2) is 0 Å². The number of nitrogens with one attached hydrogen (secondary N) is 1. The third-order valence-electron chi connectivity index (χ3n) is 3.63. The molecule has 1 aromatic heterocycles. The van der Waals surface area contributed by atoms with Gasteiger partial charge in [0.1, 0.15) is 0 Å². The van der Waals surface area contributed by atoms with Gasteiger partial charge in [-0.05, 0) is 55.6 Å². The van der Waals surface area contributed by atoms with E-state index >= 15 is 0 Å². The largest absolute Gasteiger partial charge is 0.362 e. The molecule has 76 valence electrons. The maximum atomic E-state index is 5.86. The molecule has 0 saturated heterocycles. The van der Waals surface area contributed by atoms with Crippen LogP contribution in [0.2, 0.25) is 0 Å². The minimum Gasteiger partial charge on any atom is -0.362 e. The molecule has 2 heteroatoms. The van der Waals surface area contributed by atoms with E-state index in [1.165, 1.54) is 55.5 Å². The van der Waals surface area contributed by atoms with Crippen LogP contribution in [0.1, 0.15) is 54.1 Å². The number of rotatable bonds is 2. The maximum Gasteiger partial charge on any atom is 0.0229 e. The highest BCUT2D eigenvalue weighted by molar-refractivity contribution is 5.41. The molecule has 1 heterocycles. The van der Waals surface area contributed by atoms with Crippen molar-refractivity contribution in [1.82, 2.24) is 4.98 Å². The summed E-state index contributed by atoms with van der Waals surface area (Å²) in [4.78, 5) is 3.64. The van der Waals surface area contributed by atoms with Crippen LogP contribution < -0.4 is 5.73 Å². The molecule has 3 rings (SSSR count). The predicted octanol–water partition coefficient (Wildman–Crippen LogP) is 2.23. The van der Waals surface area contributed by atoms with Crippen molar-refractivity contribution in [2.75, 3.05) is 0 Å². The molecule has 0 aliphatic heterocycles. The van der Waals surface area contributed by atoms with Crippen LogP contribution in [0.15, 0.2) is 0 Å². The van der Waals surface area contributed by atoms with Crippen LogP contribution in [-0.4, -0.2) is 4.98 Å².